The van der Waals surface area contributed by atoms with Crippen LogP contribution in [0.1, 0.15) is 68.7 Å². The first kappa shape index (κ1) is 32.3. The van der Waals surface area contributed by atoms with Gasteiger partial charge in [0.15, 0.2) is 0 Å². The Labute approximate surface area is 241 Å². The van der Waals surface area contributed by atoms with Crippen LogP contribution in [-0.4, -0.2) is 58.3 Å². The number of fused-ring (bicyclic) bond motifs is 1. The number of benzene rings is 2. The van der Waals surface area contributed by atoms with Crippen molar-refractivity contribution in [2.24, 2.45) is 0 Å². The van der Waals surface area contributed by atoms with E-state index in [0.29, 0.717) is 5.56 Å². The molecule has 1 amide bonds. The van der Waals surface area contributed by atoms with Crippen molar-refractivity contribution in [2.75, 3.05) is 38.5 Å². The van der Waals surface area contributed by atoms with Crippen LogP contribution in [-0.2, 0) is 6.54 Å². The highest BCUT2D eigenvalue weighted by molar-refractivity contribution is 6.04. The molecule has 0 bridgehead atoms. The van der Waals surface area contributed by atoms with Gasteiger partial charge in [0.05, 0.1) is 6.20 Å². The fourth-order valence-corrected chi connectivity index (χ4v) is 4.06. The molecule has 0 aliphatic carbocycles. The summed E-state index contributed by atoms with van der Waals surface area (Å²) in [5.41, 5.74) is 5.06. The fraction of sp³-hybridized carbons (Fsp3) is 0.353. The van der Waals surface area contributed by atoms with Crippen LogP contribution in [0.5, 0.6) is 0 Å². The Morgan fingerprint density at radius 3 is 2.25 bits per heavy atom. The topological polar surface area (TPSA) is 52.9 Å². The van der Waals surface area contributed by atoms with Crippen LogP contribution in [0, 0.1) is 11.8 Å². The number of piperazine rings is 1. The van der Waals surface area contributed by atoms with E-state index in [0.717, 1.165) is 55.3 Å². The van der Waals surface area contributed by atoms with Crippen LogP contribution in [0.25, 0.3) is 5.65 Å². The normalized spacial score (nSPS) is 12.8. The molecule has 6 heteroatoms. The lowest BCUT2D eigenvalue weighted by molar-refractivity contribution is 0.102. The Morgan fingerprint density at radius 1 is 0.850 bits per heavy atom. The molecule has 0 radical (unpaired) electrons. The van der Waals surface area contributed by atoms with Crippen molar-refractivity contribution < 1.29 is 4.79 Å². The summed E-state index contributed by atoms with van der Waals surface area (Å²) in [6.07, 6.45) is 3.69. The van der Waals surface area contributed by atoms with Crippen LogP contribution >= 0.6 is 0 Å². The number of carbonyl (C=O) groups excluding carboxylic acids is 1. The summed E-state index contributed by atoms with van der Waals surface area (Å²) in [6.45, 7) is 17.3. The third-order valence-corrected chi connectivity index (χ3v) is 6.09. The Bertz CT molecular complexity index is 1360. The van der Waals surface area contributed by atoms with E-state index in [1.165, 1.54) is 5.56 Å². The molecule has 2 aromatic carbocycles. The van der Waals surface area contributed by atoms with E-state index < -0.39 is 0 Å². The largest absolute Gasteiger partial charge is 0.322 e. The SMILES string of the molecule is CC.CC.CC.CN1CCN(Cc2ccc(NC(=O)c3cccc(C#Cc4cnc5ccccn45)c3)cc2)CC1. The highest BCUT2D eigenvalue weighted by Crippen LogP contribution is 2.15. The van der Waals surface area contributed by atoms with E-state index >= 15 is 0 Å². The molecule has 0 unspecified atom stereocenters. The summed E-state index contributed by atoms with van der Waals surface area (Å²) in [4.78, 5) is 22.0. The third kappa shape index (κ3) is 9.37. The predicted molar refractivity (Wildman–Crippen MR) is 169 cm³/mol. The van der Waals surface area contributed by atoms with Gasteiger partial charge in [-0.1, -0.05) is 71.7 Å². The Morgan fingerprint density at radius 2 is 1.55 bits per heavy atom. The van der Waals surface area contributed by atoms with E-state index in [-0.39, 0.29) is 5.91 Å². The molecule has 6 nitrogen and oxygen atoms in total. The maximum atomic E-state index is 12.8. The number of hydrogen-bond donors (Lipinski definition) is 1. The minimum absolute atomic E-state index is 0.148. The molecule has 0 atom stereocenters. The second kappa shape index (κ2) is 17.6. The highest BCUT2D eigenvalue weighted by atomic mass is 16.1. The number of nitrogens with one attached hydrogen (secondary N) is 1. The number of carbonyl (C=O) groups is 1. The van der Waals surface area contributed by atoms with Crippen LogP contribution in [0.4, 0.5) is 5.69 Å². The lowest BCUT2D eigenvalue weighted by Crippen LogP contribution is -2.43. The number of imidazole rings is 1. The average molecular weight is 540 g/mol. The maximum absolute atomic E-state index is 12.8. The van der Waals surface area contributed by atoms with Crippen molar-refractivity contribution >= 4 is 17.2 Å². The monoisotopic (exact) mass is 539 g/mol. The molecule has 5 rings (SSSR count). The standard InChI is InChI=1S/C28H27N5O.3C2H6/c1-31-15-17-32(18-16-31)21-23-8-11-25(12-9-23)30-28(34)24-6-4-5-22(19-24)10-13-26-20-29-27-7-2-3-14-33(26)27;3*1-2/h2-9,11-12,14,19-20H,15-18,21H2,1H3,(H,30,34);3*1-2H3. The predicted octanol–water partition coefficient (Wildman–Crippen LogP) is 6.81. The molecule has 3 heterocycles. The number of nitrogens with zero attached hydrogens (tertiary/aromatic N) is 4. The van der Waals surface area contributed by atoms with Gasteiger partial charge in [-0.15, -0.1) is 0 Å². The minimum atomic E-state index is -0.148. The molecular formula is C34H45N5O. The van der Waals surface area contributed by atoms with Gasteiger partial charge in [0.2, 0.25) is 0 Å². The van der Waals surface area contributed by atoms with Gasteiger partial charge >= 0.3 is 0 Å². The van der Waals surface area contributed by atoms with Gasteiger partial charge in [0.25, 0.3) is 5.91 Å². The molecule has 40 heavy (non-hydrogen) atoms. The first-order valence-corrected chi connectivity index (χ1v) is 14.5. The Hall–Kier alpha value is -3.92. The second-order valence-corrected chi connectivity index (χ2v) is 8.63. The molecule has 1 aliphatic rings. The van der Waals surface area contributed by atoms with Crippen molar-refractivity contribution in [3.8, 4) is 11.8 Å². The third-order valence-electron chi connectivity index (χ3n) is 6.09. The Balaban J connectivity index is 0.000000876. The molecule has 0 spiro atoms. The summed E-state index contributed by atoms with van der Waals surface area (Å²) in [5.74, 6) is 6.15. The molecule has 1 aliphatic heterocycles. The fourth-order valence-electron chi connectivity index (χ4n) is 4.06. The zero-order valence-electron chi connectivity index (χ0n) is 25.2. The summed E-state index contributed by atoms with van der Waals surface area (Å²) >= 11 is 0. The van der Waals surface area contributed by atoms with Crippen LogP contribution < -0.4 is 5.32 Å². The smallest absolute Gasteiger partial charge is 0.255 e. The molecular weight excluding hydrogens is 494 g/mol. The molecule has 1 N–H and O–H groups in total. The summed E-state index contributed by atoms with van der Waals surface area (Å²) < 4.78 is 1.94. The summed E-state index contributed by atoms with van der Waals surface area (Å²) in [7, 11) is 2.17. The van der Waals surface area contributed by atoms with E-state index in [9.17, 15) is 4.79 Å². The number of aromatic nitrogens is 2. The maximum Gasteiger partial charge on any atom is 0.255 e. The average Bonchev–Trinajstić information content (AvgIpc) is 3.44. The number of anilines is 1. The first-order valence-electron chi connectivity index (χ1n) is 14.5. The van der Waals surface area contributed by atoms with Crippen molar-refractivity contribution in [1.29, 1.82) is 0 Å². The van der Waals surface area contributed by atoms with Crippen LogP contribution in [0.15, 0.2) is 79.1 Å². The van der Waals surface area contributed by atoms with E-state index in [2.05, 4.69) is 51.1 Å². The number of likely N-dealkylation sites (N-methyl/N-ethyl adjacent to an activating group) is 1. The quantitative estimate of drug-likeness (QED) is 0.289. The van der Waals surface area contributed by atoms with Gasteiger partial charge in [-0.2, -0.15) is 0 Å². The number of amides is 1. The zero-order valence-corrected chi connectivity index (χ0v) is 25.2. The highest BCUT2D eigenvalue weighted by Gasteiger charge is 2.14. The number of hydrogen-bond acceptors (Lipinski definition) is 4. The molecule has 4 aromatic rings. The van der Waals surface area contributed by atoms with Crippen molar-refractivity contribution in [3.63, 3.8) is 0 Å². The van der Waals surface area contributed by atoms with Crippen LogP contribution in [0.2, 0.25) is 0 Å². The number of pyridine rings is 1. The molecule has 2 aromatic heterocycles. The number of rotatable bonds is 4. The lowest BCUT2D eigenvalue weighted by Gasteiger charge is -2.32. The van der Waals surface area contributed by atoms with Crippen molar-refractivity contribution in [3.05, 3.63) is 102 Å². The van der Waals surface area contributed by atoms with Gasteiger partial charge in [-0.05, 0) is 61.0 Å². The summed E-state index contributed by atoms with van der Waals surface area (Å²) in [6, 6.07) is 21.3. The van der Waals surface area contributed by atoms with Gasteiger partial charge in [-0.25, -0.2) is 4.98 Å². The van der Waals surface area contributed by atoms with E-state index in [4.69, 9.17) is 0 Å². The van der Waals surface area contributed by atoms with Crippen LogP contribution in [0.3, 0.4) is 0 Å². The van der Waals surface area contributed by atoms with Crippen molar-refractivity contribution in [1.82, 2.24) is 19.2 Å². The van der Waals surface area contributed by atoms with E-state index in [1.54, 1.807) is 12.3 Å². The zero-order chi connectivity index (χ0) is 29.3. The van der Waals surface area contributed by atoms with Gasteiger partial charge in [0, 0.05) is 55.7 Å². The van der Waals surface area contributed by atoms with Gasteiger partial charge < -0.3 is 10.2 Å². The molecule has 1 saturated heterocycles. The van der Waals surface area contributed by atoms with Gasteiger partial charge in [-0.3, -0.25) is 14.1 Å². The molecule has 1 fully saturated rings. The van der Waals surface area contributed by atoms with E-state index in [1.807, 2.05) is 101 Å². The first-order chi connectivity index (χ1) is 19.6. The lowest BCUT2D eigenvalue weighted by atomic mass is 10.1. The van der Waals surface area contributed by atoms with Crippen molar-refractivity contribution in [2.45, 2.75) is 48.1 Å². The summed E-state index contributed by atoms with van der Waals surface area (Å²) in [5, 5.41) is 2.99. The van der Waals surface area contributed by atoms with Gasteiger partial charge in [0.1, 0.15) is 11.3 Å². The second-order valence-electron chi connectivity index (χ2n) is 8.63. The Kier molecular flexibility index (Phi) is 14.2. The minimum Gasteiger partial charge on any atom is -0.322 e. The molecule has 0 saturated carbocycles. The molecule has 212 valence electrons.